The van der Waals surface area contributed by atoms with Gasteiger partial charge in [-0.15, -0.1) is 11.3 Å². The number of hydrogen-bond acceptors (Lipinski definition) is 4. The third-order valence-electron chi connectivity index (χ3n) is 2.40. The molecule has 0 aromatic carbocycles. The Bertz CT molecular complexity index is 584. The zero-order valence-electron chi connectivity index (χ0n) is 11.5. The Morgan fingerprint density at radius 3 is 2.68 bits per heavy atom. The number of nitrogens with zero attached hydrogens (tertiary/aromatic N) is 2. The molecule has 0 aliphatic rings. The van der Waals surface area contributed by atoms with Gasteiger partial charge in [-0.3, -0.25) is 9.78 Å². The fourth-order valence-electron chi connectivity index (χ4n) is 1.62. The number of amides is 1. The van der Waals surface area contributed by atoms with Gasteiger partial charge in [0.25, 0.3) is 5.91 Å². The minimum Gasteiger partial charge on any atom is -0.347 e. The second-order valence-electron chi connectivity index (χ2n) is 5.38. The van der Waals surface area contributed by atoms with Crippen molar-refractivity contribution in [2.24, 2.45) is 0 Å². The highest BCUT2D eigenvalue weighted by Gasteiger charge is 2.20. The van der Waals surface area contributed by atoms with E-state index in [9.17, 15) is 4.79 Å². The fourth-order valence-corrected chi connectivity index (χ4v) is 2.57. The molecular weight excluding hydrogens is 258 g/mol. The van der Waals surface area contributed by atoms with Crippen LogP contribution in [0.5, 0.6) is 0 Å². The first-order chi connectivity index (χ1) is 8.87. The summed E-state index contributed by atoms with van der Waals surface area (Å²) in [5, 5.41) is 3.78. The van der Waals surface area contributed by atoms with Crippen molar-refractivity contribution in [1.82, 2.24) is 15.3 Å². The number of carbonyl (C=O) groups excluding carboxylic acids is 1. The molecule has 2 aromatic heterocycles. The van der Waals surface area contributed by atoms with Crippen LogP contribution in [0.3, 0.4) is 0 Å². The van der Waals surface area contributed by atoms with E-state index in [1.54, 1.807) is 12.4 Å². The lowest BCUT2D eigenvalue weighted by molar-refractivity contribution is 0.0923. The lowest BCUT2D eigenvalue weighted by Crippen LogP contribution is -2.40. The summed E-state index contributed by atoms with van der Waals surface area (Å²) in [5.74, 6) is -0.0716. The number of pyridine rings is 1. The monoisotopic (exact) mass is 275 g/mol. The predicted molar refractivity (Wildman–Crippen MR) is 77.3 cm³/mol. The van der Waals surface area contributed by atoms with Crippen molar-refractivity contribution < 1.29 is 4.79 Å². The van der Waals surface area contributed by atoms with Gasteiger partial charge >= 0.3 is 0 Å². The van der Waals surface area contributed by atoms with Crippen LogP contribution in [-0.2, 0) is 0 Å². The molecule has 0 aliphatic heterocycles. The van der Waals surface area contributed by atoms with E-state index in [2.05, 4.69) is 15.3 Å². The minimum absolute atomic E-state index is 0.0716. The van der Waals surface area contributed by atoms with Crippen molar-refractivity contribution in [3.05, 3.63) is 35.1 Å². The predicted octanol–water partition coefficient (Wildman–Crippen LogP) is 3.04. The standard InChI is InChI=1S/C14H17N3OS/c1-9-11(12(18)17-14(2,3)4)19-13(16-9)10-6-5-7-15-8-10/h5-8H,1-4H3,(H,17,18). The highest BCUT2D eigenvalue weighted by Crippen LogP contribution is 2.27. The first-order valence-corrected chi connectivity index (χ1v) is 6.89. The lowest BCUT2D eigenvalue weighted by atomic mass is 10.1. The zero-order valence-corrected chi connectivity index (χ0v) is 12.3. The van der Waals surface area contributed by atoms with E-state index in [-0.39, 0.29) is 11.4 Å². The van der Waals surface area contributed by atoms with E-state index in [4.69, 9.17) is 0 Å². The number of nitrogens with one attached hydrogen (secondary N) is 1. The number of aryl methyl sites for hydroxylation is 1. The maximum atomic E-state index is 12.2. The molecule has 0 aliphatic carbocycles. The molecule has 2 heterocycles. The summed E-state index contributed by atoms with van der Waals surface area (Å²) in [7, 11) is 0. The van der Waals surface area contributed by atoms with Gasteiger partial charge in [0.2, 0.25) is 0 Å². The second-order valence-corrected chi connectivity index (χ2v) is 6.38. The average Bonchev–Trinajstić information content (AvgIpc) is 2.70. The molecule has 0 atom stereocenters. The Kier molecular flexibility index (Phi) is 3.66. The van der Waals surface area contributed by atoms with Crippen LogP contribution in [0, 0.1) is 6.92 Å². The van der Waals surface area contributed by atoms with E-state index in [0.29, 0.717) is 4.88 Å². The van der Waals surface area contributed by atoms with Crippen LogP contribution in [0.15, 0.2) is 24.5 Å². The van der Waals surface area contributed by atoms with E-state index in [1.165, 1.54) is 11.3 Å². The Labute approximate surface area is 116 Å². The van der Waals surface area contributed by atoms with Crippen LogP contribution in [0.4, 0.5) is 0 Å². The van der Waals surface area contributed by atoms with Gasteiger partial charge in [-0.25, -0.2) is 4.98 Å². The zero-order chi connectivity index (χ0) is 14.0. The maximum Gasteiger partial charge on any atom is 0.263 e. The van der Waals surface area contributed by atoms with Crippen LogP contribution in [-0.4, -0.2) is 21.4 Å². The first kappa shape index (κ1) is 13.7. The first-order valence-electron chi connectivity index (χ1n) is 6.07. The highest BCUT2D eigenvalue weighted by atomic mass is 32.1. The van der Waals surface area contributed by atoms with Crippen molar-refractivity contribution in [3.63, 3.8) is 0 Å². The largest absolute Gasteiger partial charge is 0.347 e. The third kappa shape index (κ3) is 3.38. The normalized spacial score (nSPS) is 11.4. The van der Waals surface area contributed by atoms with Gasteiger partial charge in [-0.2, -0.15) is 0 Å². The molecule has 1 N–H and O–H groups in total. The van der Waals surface area contributed by atoms with E-state index in [0.717, 1.165) is 16.3 Å². The molecule has 4 nitrogen and oxygen atoms in total. The number of hydrogen-bond donors (Lipinski definition) is 1. The number of carbonyl (C=O) groups is 1. The molecule has 0 bridgehead atoms. The molecule has 0 saturated heterocycles. The molecule has 100 valence electrons. The van der Waals surface area contributed by atoms with Crippen LogP contribution < -0.4 is 5.32 Å². The third-order valence-corrected chi connectivity index (χ3v) is 3.61. The van der Waals surface area contributed by atoms with E-state index < -0.39 is 0 Å². The topological polar surface area (TPSA) is 54.9 Å². The van der Waals surface area contributed by atoms with E-state index in [1.807, 2.05) is 39.8 Å². The minimum atomic E-state index is -0.248. The van der Waals surface area contributed by atoms with Gasteiger partial charge < -0.3 is 5.32 Å². The Hall–Kier alpha value is -1.75. The molecule has 0 radical (unpaired) electrons. The van der Waals surface area contributed by atoms with Crippen LogP contribution >= 0.6 is 11.3 Å². The molecule has 2 rings (SSSR count). The molecule has 0 unspecified atom stereocenters. The number of aromatic nitrogens is 2. The highest BCUT2D eigenvalue weighted by molar-refractivity contribution is 7.17. The Balaban J connectivity index is 2.30. The maximum absolute atomic E-state index is 12.2. The van der Waals surface area contributed by atoms with Gasteiger partial charge in [0.1, 0.15) is 9.88 Å². The number of rotatable bonds is 2. The van der Waals surface area contributed by atoms with Crippen molar-refractivity contribution in [2.75, 3.05) is 0 Å². The summed E-state index contributed by atoms with van der Waals surface area (Å²) in [5.41, 5.74) is 1.44. The summed E-state index contributed by atoms with van der Waals surface area (Å²) in [6, 6.07) is 3.80. The second kappa shape index (κ2) is 5.09. The smallest absolute Gasteiger partial charge is 0.263 e. The lowest BCUT2D eigenvalue weighted by Gasteiger charge is -2.19. The summed E-state index contributed by atoms with van der Waals surface area (Å²) in [4.78, 5) is 21.4. The van der Waals surface area contributed by atoms with Gasteiger partial charge in [-0.05, 0) is 39.8 Å². The quantitative estimate of drug-likeness (QED) is 0.916. The van der Waals surface area contributed by atoms with Gasteiger partial charge in [-0.1, -0.05) is 0 Å². The summed E-state index contributed by atoms with van der Waals surface area (Å²) < 4.78 is 0. The molecule has 1 amide bonds. The fraction of sp³-hybridized carbons (Fsp3) is 0.357. The SMILES string of the molecule is Cc1nc(-c2cccnc2)sc1C(=O)NC(C)(C)C. The van der Waals surface area contributed by atoms with Crippen LogP contribution in [0.2, 0.25) is 0 Å². The molecular formula is C14H17N3OS. The molecule has 2 aromatic rings. The molecule has 5 heteroatoms. The summed E-state index contributed by atoms with van der Waals surface area (Å²) in [6.07, 6.45) is 3.47. The Morgan fingerprint density at radius 1 is 1.37 bits per heavy atom. The molecule has 0 fully saturated rings. The van der Waals surface area contributed by atoms with Gasteiger partial charge in [0.15, 0.2) is 0 Å². The van der Waals surface area contributed by atoms with Crippen molar-refractivity contribution in [3.8, 4) is 10.6 Å². The molecule has 19 heavy (non-hydrogen) atoms. The van der Waals surface area contributed by atoms with Crippen molar-refractivity contribution >= 4 is 17.2 Å². The van der Waals surface area contributed by atoms with Crippen molar-refractivity contribution in [2.45, 2.75) is 33.2 Å². The van der Waals surface area contributed by atoms with Crippen LogP contribution in [0.25, 0.3) is 10.6 Å². The molecule has 0 spiro atoms. The van der Waals surface area contributed by atoms with Crippen molar-refractivity contribution in [1.29, 1.82) is 0 Å². The van der Waals surface area contributed by atoms with Gasteiger partial charge in [0.05, 0.1) is 5.69 Å². The Morgan fingerprint density at radius 2 is 2.11 bits per heavy atom. The summed E-state index contributed by atoms with van der Waals surface area (Å²) in [6.45, 7) is 7.74. The average molecular weight is 275 g/mol. The number of thiazole rings is 1. The summed E-state index contributed by atoms with van der Waals surface area (Å²) >= 11 is 1.40. The van der Waals surface area contributed by atoms with E-state index >= 15 is 0 Å². The molecule has 0 saturated carbocycles. The van der Waals surface area contributed by atoms with Gasteiger partial charge in [0, 0.05) is 23.5 Å². The van der Waals surface area contributed by atoms with Crippen LogP contribution in [0.1, 0.15) is 36.1 Å².